The first-order valence-corrected chi connectivity index (χ1v) is 6.32. The van der Waals surface area contributed by atoms with Crippen LogP contribution in [0.3, 0.4) is 0 Å². The maximum absolute atomic E-state index is 11.7. The molecule has 1 unspecified atom stereocenters. The first-order chi connectivity index (χ1) is 8.16. The standard InChI is InChI=1S/C13H17ClN2O/c1-9(11-4-2-3-5-12(11)14)16-13(17)8-15-10-6-7-10/h2-5,9-10,15H,6-8H2,1H3,(H,16,17). The minimum atomic E-state index is -0.0581. The van der Waals surface area contributed by atoms with Crippen LogP contribution in [0.4, 0.5) is 0 Å². The molecule has 2 N–H and O–H groups in total. The molecule has 4 heteroatoms. The first-order valence-electron chi connectivity index (χ1n) is 5.94. The van der Waals surface area contributed by atoms with Gasteiger partial charge in [0, 0.05) is 11.1 Å². The number of carbonyl (C=O) groups excluding carboxylic acids is 1. The highest BCUT2D eigenvalue weighted by Gasteiger charge is 2.21. The quantitative estimate of drug-likeness (QED) is 0.844. The molecule has 0 aromatic heterocycles. The Balaban J connectivity index is 1.85. The van der Waals surface area contributed by atoms with Gasteiger partial charge in [0.15, 0.2) is 0 Å². The van der Waals surface area contributed by atoms with Gasteiger partial charge in [-0.15, -0.1) is 0 Å². The number of nitrogens with one attached hydrogen (secondary N) is 2. The highest BCUT2D eigenvalue weighted by molar-refractivity contribution is 6.31. The summed E-state index contributed by atoms with van der Waals surface area (Å²) in [7, 11) is 0. The molecule has 1 atom stereocenters. The number of hydrogen-bond acceptors (Lipinski definition) is 2. The van der Waals surface area contributed by atoms with Gasteiger partial charge in [0.05, 0.1) is 12.6 Å². The molecule has 92 valence electrons. The van der Waals surface area contributed by atoms with Gasteiger partial charge in [0.1, 0.15) is 0 Å². The van der Waals surface area contributed by atoms with E-state index >= 15 is 0 Å². The highest BCUT2D eigenvalue weighted by atomic mass is 35.5. The molecule has 0 bridgehead atoms. The van der Waals surface area contributed by atoms with Crippen LogP contribution in [0.1, 0.15) is 31.4 Å². The third kappa shape index (κ3) is 3.72. The van der Waals surface area contributed by atoms with Gasteiger partial charge in [-0.1, -0.05) is 29.8 Å². The van der Waals surface area contributed by atoms with Crippen LogP contribution in [0.2, 0.25) is 5.02 Å². The monoisotopic (exact) mass is 252 g/mol. The van der Waals surface area contributed by atoms with Crippen molar-refractivity contribution in [1.82, 2.24) is 10.6 Å². The summed E-state index contributed by atoms with van der Waals surface area (Å²) in [6.45, 7) is 2.33. The maximum atomic E-state index is 11.7. The van der Waals surface area contributed by atoms with Gasteiger partial charge in [0.2, 0.25) is 5.91 Å². The molecular formula is C13H17ClN2O. The average molecular weight is 253 g/mol. The van der Waals surface area contributed by atoms with Gasteiger partial charge in [-0.3, -0.25) is 4.79 Å². The van der Waals surface area contributed by atoms with Crippen molar-refractivity contribution in [3.63, 3.8) is 0 Å². The lowest BCUT2D eigenvalue weighted by Gasteiger charge is -2.15. The fourth-order valence-corrected chi connectivity index (χ4v) is 2.02. The predicted molar refractivity (Wildman–Crippen MR) is 69.0 cm³/mol. The Hall–Kier alpha value is -1.06. The van der Waals surface area contributed by atoms with Crippen LogP contribution in [0.5, 0.6) is 0 Å². The molecule has 0 saturated heterocycles. The third-order valence-electron chi connectivity index (χ3n) is 2.88. The van der Waals surface area contributed by atoms with Crippen molar-refractivity contribution in [3.05, 3.63) is 34.9 Å². The SMILES string of the molecule is CC(NC(=O)CNC1CC1)c1ccccc1Cl. The molecular weight excluding hydrogens is 236 g/mol. The zero-order valence-electron chi connectivity index (χ0n) is 9.87. The highest BCUT2D eigenvalue weighted by Crippen LogP contribution is 2.22. The van der Waals surface area contributed by atoms with Crippen LogP contribution in [0.25, 0.3) is 0 Å². The Morgan fingerprint density at radius 1 is 1.47 bits per heavy atom. The lowest BCUT2D eigenvalue weighted by molar-refractivity contribution is -0.120. The van der Waals surface area contributed by atoms with Crippen LogP contribution in [0, 0.1) is 0 Å². The molecule has 3 nitrogen and oxygen atoms in total. The second-order valence-corrected chi connectivity index (χ2v) is 4.87. The molecule has 1 aromatic carbocycles. The van der Waals surface area contributed by atoms with Crippen LogP contribution in [-0.2, 0) is 4.79 Å². The van der Waals surface area contributed by atoms with Gasteiger partial charge >= 0.3 is 0 Å². The zero-order valence-corrected chi connectivity index (χ0v) is 10.6. The van der Waals surface area contributed by atoms with Crippen molar-refractivity contribution in [1.29, 1.82) is 0 Å². The molecule has 0 aliphatic heterocycles. The molecule has 1 fully saturated rings. The van der Waals surface area contributed by atoms with Crippen LogP contribution < -0.4 is 10.6 Å². The molecule has 17 heavy (non-hydrogen) atoms. The number of halogens is 1. The topological polar surface area (TPSA) is 41.1 Å². The lowest BCUT2D eigenvalue weighted by atomic mass is 10.1. The largest absolute Gasteiger partial charge is 0.348 e. The molecule has 0 heterocycles. The molecule has 0 radical (unpaired) electrons. The molecule has 1 amide bonds. The Kier molecular flexibility index (Phi) is 4.02. The molecule has 1 aliphatic carbocycles. The fraction of sp³-hybridized carbons (Fsp3) is 0.462. The molecule has 1 aliphatic rings. The van der Waals surface area contributed by atoms with Gasteiger partial charge in [-0.2, -0.15) is 0 Å². The third-order valence-corrected chi connectivity index (χ3v) is 3.22. The van der Waals surface area contributed by atoms with E-state index in [1.165, 1.54) is 12.8 Å². The number of carbonyl (C=O) groups is 1. The van der Waals surface area contributed by atoms with Crippen molar-refractivity contribution >= 4 is 17.5 Å². The van der Waals surface area contributed by atoms with E-state index in [-0.39, 0.29) is 11.9 Å². The summed E-state index contributed by atoms with van der Waals surface area (Å²) in [6, 6.07) is 8.07. The Labute approximate surface area is 107 Å². The molecule has 1 saturated carbocycles. The van der Waals surface area contributed by atoms with Crippen LogP contribution in [0.15, 0.2) is 24.3 Å². The Morgan fingerprint density at radius 2 is 2.18 bits per heavy atom. The number of amides is 1. The van der Waals surface area contributed by atoms with Crippen LogP contribution in [-0.4, -0.2) is 18.5 Å². The molecule has 1 aromatic rings. The average Bonchev–Trinajstić information content (AvgIpc) is 3.10. The van der Waals surface area contributed by atoms with E-state index < -0.39 is 0 Å². The van der Waals surface area contributed by atoms with Crippen molar-refractivity contribution < 1.29 is 4.79 Å². The number of benzene rings is 1. The van der Waals surface area contributed by atoms with Crippen LogP contribution >= 0.6 is 11.6 Å². The summed E-state index contributed by atoms with van der Waals surface area (Å²) < 4.78 is 0. The minimum absolute atomic E-state index is 0.0179. The Morgan fingerprint density at radius 3 is 2.82 bits per heavy atom. The summed E-state index contributed by atoms with van der Waals surface area (Å²) in [5.41, 5.74) is 0.953. The molecule has 0 spiro atoms. The van der Waals surface area contributed by atoms with Gasteiger partial charge in [-0.25, -0.2) is 0 Å². The van der Waals surface area contributed by atoms with Crippen molar-refractivity contribution in [2.24, 2.45) is 0 Å². The smallest absolute Gasteiger partial charge is 0.234 e. The normalized spacial score (nSPS) is 16.6. The van der Waals surface area contributed by atoms with Crippen molar-refractivity contribution in [2.75, 3.05) is 6.54 Å². The number of hydrogen-bond donors (Lipinski definition) is 2. The van der Waals surface area contributed by atoms with Crippen molar-refractivity contribution in [2.45, 2.75) is 31.8 Å². The second-order valence-electron chi connectivity index (χ2n) is 4.47. The summed E-state index contributed by atoms with van der Waals surface area (Å²) >= 11 is 6.07. The van der Waals surface area contributed by atoms with E-state index in [1.807, 2.05) is 31.2 Å². The van der Waals surface area contributed by atoms with Crippen molar-refractivity contribution in [3.8, 4) is 0 Å². The fourth-order valence-electron chi connectivity index (χ4n) is 1.72. The first kappa shape index (κ1) is 12.4. The maximum Gasteiger partial charge on any atom is 0.234 e. The van der Waals surface area contributed by atoms with E-state index in [0.717, 1.165) is 5.56 Å². The lowest BCUT2D eigenvalue weighted by Crippen LogP contribution is -2.36. The number of rotatable bonds is 5. The summed E-state index contributed by atoms with van der Waals surface area (Å²) in [4.78, 5) is 11.7. The van der Waals surface area contributed by atoms with E-state index in [2.05, 4.69) is 10.6 Å². The minimum Gasteiger partial charge on any atom is -0.348 e. The van der Waals surface area contributed by atoms with Gasteiger partial charge < -0.3 is 10.6 Å². The summed E-state index contributed by atoms with van der Waals surface area (Å²) in [5.74, 6) is 0.0179. The van der Waals surface area contributed by atoms with E-state index in [0.29, 0.717) is 17.6 Å². The summed E-state index contributed by atoms with van der Waals surface area (Å²) in [6.07, 6.45) is 2.38. The van der Waals surface area contributed by atoms with E-state index in [1.54, 1.807) is 0 Å². The van der Waals surface area contributed by atoms with E-state index in [9.17, 15) is 4.79 Å². The molecule has 2 rings (SSSR count). The van der Waals surface area contributed by atoms with Gasteiger partial charge in [-0.05, 0) is 31.4 Å². The zero-order chi connectivity index (χ0) is 12.3. The second kappa shape index (κ2) is 5.52. The predicted octanol–water partition coefficient (Wildman–Crippen LogP) is 2.27. The van der Waals surface area contributed by atoms with E-state index in [4.69, 9.17) is 11.6 Å². The Bertz CT molecular complexity index is 404. The van der Waals surface area contributed by atoms with Gasteiger partial charge in [0.25, 0.3) is 0 Å². The summed E-state index contributed by atoms with van der Waals surface area (Å²) in [5, 5.41) is 6.81.